The van der Waals surface area contributed by atoms with Gasteiger partial charge in [-0.15, -0.1) is 0 Å². The van der Waals surface area contributed by atoms with Crippen molar-refractivity contribution in [2.45, 2.75) is 148 Å². The first-order chi connectivity index (χ1) is 14.8. The van der Waals surface area contributed by atoms with Crippen LogP contribution in [0.1, 0.15) is 142 Å². The smallest absolute Gasteiger partial charge is 0.0619 e. The van der Waals surface area contributed by atoms with Crippen LogP contribution in [-0.2, 0) is 4.74 Å². The number of allylic oxidation sites excluding steroid dienone is 2. The molecule has 0 aliphatic rings. The van der Waals surface area contributed by atoms with Crippen LogP contribution < -0.4 is 5.32 Å². The second-order valence-corrected chi connectivity index (χ2v) is 9.20. The van der Waals surface area contributed by atoms with Crippen molar-refractivity contribution < 1.29 is 4.74 Å². The highest BCUT2D eigenvalue weighted by atomic mass is 16.5. The fourth-order valence-corrected chi connectivity index (χ4v) is 3.98. The van der Waals surface area contributed by atoms with Crippen molar-refractivity contribution in [3.63, 3.8) is 0 Å². The van der Waals surface area contributed by atoms with E-state index in [1.165, 1.54) is 128 Å². The SMILES string of the molecule is CCCCCCCCC=CCCCCCCCCCC(COCCCCCC)NC. The second-order valence-electron chi connectivity index (χ2n) is 9.20. The van der Waals surface area contributed by atoms with E-state index >= 15 is 0 Å². The molecule has 2 heteroatoms. The zero-order valence-electron chi connectivity index (χ0n) is 21.2. The molecule has 0 saturated heterocycles. The number of rotatable bonds is 25. The first-order valence-electron chi connectivity index (χ1n) is 13.7. The molecule has 0 bridgehead atoms. The molecule has 0 heterocycles. The van der Waals surface area contributed by atoms with Gasteiger partial charge in [0.25, 0.3) is 0 Å². The van der Waals surface area contributed by atoms with E-state index in [9.17, 15) is 0 Å². The van der Waals surface area contributed by atoms with Gasteiger partial charge in [0.2, 0.25) is 0 Å². The van der Waals surface area contributed by atoms with Crippen LogP contribution in [0.4, 0.5) is 0 Å². The molecule has 1 N–H and O–H groups in total. The molecule has 30 heavy (non-hydrogen) atoms. The molecule has 180 valence electrons. The van der Waals surface area contributed by atoms with Crippen LogP contribution in [0.2, 0.25) is 0 Å². The molecule has 0 aromatic rings. The predicted octanol–water partition coefficient (Wildman–Crippen LogP) is 8.99. The minimum Gasteiger partial charge on any atom is -0.380 e. The lowest BCUT2D eigenvalue weighted by molar-refractivity contribution is 0.106. The Labute approximate surface area is 191 Å². The van der Waals surface area contributed by atoms with E-state index < -0.39 is 0 Å². The molecule has 2 nitrogen and oxygen atoms in total. The van der Waals surface area contributed by atoms with Gasteiger partial charge in [0.1, 0.15) is 0 Å². The molecular formula is C28H57NO. The Morgan fingerprint density at radius 2 is 1.07 bits per heavy atom. The van der Waals surface area contributed by atoms with Crippen LogP contribution in [0, 0.1) is 0 Å². The number of ether oxygens (including phenoxy) is 1. The summed E-state index contributed by atoms with van der Waals surface area (Å²) in [7, 11) is 2.08. The zero-order chi connectivity index (χ0) is 22.0. The maximum absolute atomic E-state index is 5.85. The number of hydrogen-bond acceptors (Lipinski definition) is 2. The maximum Gasteiger partial charge on any atom is 0.0619 e. The molecule has 0 fully saturated rings. The lowest BCUT2D eigenvalue weighted by atomic mass is 10.0. The van der Waals surface area contributed by atoms with Crippen molar-refractivity contribution in [3.05, 3.63) is 12.2 Å². The Bertz CT molecular complexity index is 329. The first kappa shape index (κ1) is 29.7. The third-order valence-electron chi connectivity index (χ3n) is 6.18. The lowest BCUT2D eigenvalue weighted by Crippen LogP contribution is -2.30. The Morgan fingerprint density at radius 1 is 0.600 bits per heavy atom. The van der Waals surface area contributed by atoms with Crippen LogP contribution >= 0.6 is 0 Å². The fraction of sp³-hybridized carbons (Fsp3) is 0.929. The molecule has 0 aromatic heterocycles. The molecule has 0 spiro atoms. The summed E-state index contributed by atoms with van der Waals surface area (Å²) in [6.45, 7) is 6.37. The van der Waals surface area contributed by atoms with Crippen molar-refractivity contribution in [2.24, 2.45) is 0 Å². The summed E-state index contributed by atoms with van der Waals surface area (Å²) in [5, 5.41) is 3.43. The van der Waals surface area contributed by atoms with E-state index in [1.807, 2.05) is 0 Å². The van der Waals surface area contributed by atoms with Crippen molar-refractivity contribution in [3.8, 4) is 0 Å². The van der Waals surface area contributed by atoms with Gasteiger partial charge in [-0.3, -0.25) is 0 Å². The van der Waals surface area contributed by atoms with Gasteiger partial charge in [-0.1, -0.05) is 116 Å². The lowest BCUT2D eigenvalue weighted by Gasteiger charge is -2.16. The molecular weight excluding hydrogens is 366 g/mol. The van der Waals surface area contributed by atoms with Gasteiger partial charge in [-0.05, 0) is 45.6 Å². The van der Waals surface area contributed by atoms with E-state index in [2.05, 4.69) is 38.4 Å². The molecule has 0 aromatic carbocycles. The first-order valence-corrected chi connectivity index (χ1v) is 13.7. The van der Waals surface area contributed by atoms with E-state index in [0.29, 0.717) is 6.04 Å². The van der Waals surface area contributed by atoms with E-state index in [1.54, 1.807) is 0 Å². The summed E-state index contributed by atoms with van der Waals surface area (Å²) in [5.41, 5.74) is 0. The summed E-state index contributed by atoms with van der Waals surface area (Å²) in [6, 6.07) is 0.541. The normalized spacial score (nSPS) is 12.8. The van der Waals surface area contributed by atoms with Crippen molar-refractivity contribution in [2.75, 3.05) is 20.3 Å². The topological polar surface area (TPSA) is 21.3 Å². The zero-order valence-corrected chi connectivity index (χ0v) is 21.2. The number of likely N-dealkylation sites (N-methyl/N-ethyl adjacent to an activating group) is 1. The van der Waals surface area contributed by atoms with E-state index in [0.717, 1.165) is 13.2 Å². The Morgan fingerprint density at radius 3 is 1.60 bits per heavy atom. The summed E-state index contributed by atoms with van der Waals surface area (Å²) in [4.78, 5) is 0. The van der Waals surface area contributed by atoms with Gasteiger partial charge in [-0.2, -0.15) is 0 Å². The third-order valence-corrected chi connectivity index (χ3v) is 6.18. The Kier molecular flexibility index (Phi) is 26.4. The van der Waals surface area contributed by atoms with Crippen LogP contribution in [-0.4, -0.2) is 26.3 Å². The minimum absolute atomic E-state index is 0.541. The van der Waals surface area contributed by atoms with Crippen molar-refractivity contribution >= 4 is 0 Å². The minimum atomic E-state index is 0.541. The van der Waals surface area contributed by atoms with Crippen molar-refractivity contribution in [1.82, 2.24) is 5.32 Å². The van der Waals surface area contributed by atoms with Crippen LogP contribution in [0.25, 0.3) is 0 Å². The monoisotopic (exact) mass is 423 g/mol. The fourth-order valence-electron chi connectivity index (χ4n) is 3.98. The largest absolute Gasteiger partial charge is 0.380 e. The van der Waals surface area contributed by atoms with Crippen molar-refractivity contribution in [1.29, 1.82) is 0 Å². The van der Waals surface area contributed by atoms with Crippen LogP contribution in [0.5, 0.6) is 0 Å². The maximum atomic E-state index is 5.85. The van der Waals surface area contributed by atoms with Crippen LogP contribution in [0.15, 0.2) is 12.2 Å². The molecule has 0 aliphatic heterocycles. The summed E-state index contributed by atoms with van der Waals surface area (Å²) >= 11 is 0. The van der Waals surface area contributed by atoms with Gasteiger partial charge in [0.15, 0.2) is 0 Å². The molecule has 0 aliphatic carbocycles. The average Bonchev–Trinajstić information content (AvgIpc) is 2.76. The highest BCUT2D eigenvalue weighted by Crippen LogP contribution is 2.12. The van der Waals surface area contributed by atoms with Gasteiger partial charge >= 0.3 is 0 Å². The summed E-state index contributed by atoms with van der Waals surface area (Å²) in [5.74, 6) is 0. The Balaban J connectivity index is 3.27. The van der Waals surface area contributed by atoms with Gasteiger partial charge in [-0.25, -0.2) is 0 Å². The van der Waals surface area contributed by atoms with Gasteiger partial charge in [0.05, 0.1) is 6.61 Å². The quantitative estimate of drug-likeness (QED) is 0.117. The molecule has 0 saturated carbocycles. The van der Waals surface area contributed by atoms with Crippen LogP contribution in [0.3, 0.4) is 0 Å². The van der Waals surface area contributed by atoms with Gasteiger partial charge < -0.3 is 10.1 Å². The summed E-state index contributed by atoms with van der Waals surface area (Å²) < 4.78 is 5.85. The number of hydrogen-bond donors (Lipinski definition) is 1. The highest BCUT2D eigenvalue weighted by Gasteiger charge is 2.05. The molecule has 1 unspecified atom stereocenters. The average molecular weight is 424 g/mol. The Hall–Kier alpha value is -0.340. The molecule has 0 radical (unpaired) electrons. The molecule has 1 atom stereocenters. The number of unbranched alkanes of at least 4 members (excludes halogenated alkanes) is 16. The standard InChI is InChI=1S/C28H57NO/c1-4-6-8-10-11-12-13-14-15-16-17-18-19-20-21-22-23-25-28(29-3)27-30-26-24-9-7-5-2/h14-15,28-29H,4-13,16-27H2,1-3H3. The van der Waals surface area contributed by atoms with E-state index in [4.69, 9.17) is 4.74 Å². The summed E-state index contributed by atoms with van der Waals surface area (Å²) in [6.07, 6.45) is 32.1. The second kappa shape index (κ2) is 26.7. The third kappa shape index (κ3) is 23.9. The molecule has 0 amide bonds. The highest BCUT2D eigenvalue weighted by molar-refractivity contribution is 4.81. The van der Waals surface area contributed by atoms with Gasteiger partial charge in [0, 0.05) is 12.6 Å². The predicted molar refractivity (Wildman–Crippen MR) is 136 cm³/mol. The number of nitrogens with one attached hydrogen (secondary N) is 1. The molecule has 0 rings (SSSR count). The van der Waals surface area contributed by atoms with E-state index in [-0.39, 0.29) is 0 Å².